The highest BCUT2D eigenvalue weighted by molar-refractivity contribution is 7.93. The first-order valence-corrected chi connectivity index (χ1v) is 13.9. The van der Waals surface area contributed by atoms with Gasteiger partial charge in [0.2, 0.25) is 9.84 Å². The van der Waals surface area contributed by atoms with Crippen LogP contribution in [0.1, 0.15) is 10.4 Å². The molecule has 0 saturated heterocycles. The first-order valence-electron chi connectivity index (χ1n) is 10.1. The lowest BCUT2D eigenvalue weighted by Crippen LogP contribution is -2.18. The molecule has 2 N–H and O–H groups in total. The quantitative estimate of drug-likeness (QED) is 0.239. The fourth-order valence-corrected chi connectivity index (χ4v) is 6.56. The molecule has 0 fully saturated rings. The Morgan fingerprint density at radius 2 is 1.54 bits per heavy atom. The summed E-state index contributed by atoms with van der Waals surface area (Å²) in [6.07, 6.45) is 1.03. The van der Waals surface area contributed by atoms with Gasteiger partial charge in [0.15, 0.2) is 5.13 Å². The van der Waals surface area contributed by atoms with E-state index >= 15 is 0 Å². The molecule has 37 heavy (non-hydrogen) atoms. The van der Waals surface area contributed by atoms with Crippen LogP contribution in [0.15, 0.2) is 93.0 Å². The van der Waals surface area contributed by atoms with Gasteiger partial charge in [-0.3, -0.25) is 24.9 Å². The molecular formula is C22H15FN4O7S3. The van der Waals surface area contributed by atoms with Gasteiger partial charge in [-0.2, -0.15) is 0 Å². The standard InChI is InChI=1S/C22H15FN4O7S3/c23-14-5-9-17(10-6-14)37(33,34)26-19-4-2-1-3-18(19)21(28)25-22-24-13-20(35-22)36(31,32)16-11-7-15(8-12-16)27(29)30/h1-13,26H,(H,24,25,28). The van der Waals surface area contributed by atoms with Crippen LogP contribution in [0, 0.1) is 15.9 Å². The number of sulfonamides is 1. The number of thiazole rings is 1. The Morgan fingerprint density at radius 1 is 0.919 bits per heavy atom. The predicted molar refractivity (Wildman–Crippen MR) is 132 cm³/mol. The van der Waals surface area contributed by atoms with Crippen LogP contribution >= 0.6 is 11.3 Å². The minimum atomic E-state index is -4.14. The van der Waals surface area contributed by atoms with E-state index in [1.807, 2.05) is 0 Å². The lowest BCUT2D eigenvalue weighted by molar-refractivity contribution is -0.384. The summed E-state index contributed by atoms with van der Waals surface area (Å²) in [5, 5.41) is 13.1. The monoisotopic (exact) mass is 562 g/mol. The normalized spacial score (nSPS) is 11.6. The number of rotatable bonds is 8. The zero-order valence-corrected chi connectivity index (χ0v) is 20.8. The Morgan fingerprint density at radius 3 is 2.19 bits per heavy atom. The maximum Gasteiger partial charge on any atom is 0.269 e. The summed E-state index contributed by atoms with van der Waals surface area (Å²) in [5.74, 6) is -1.39. The zero-order valence-electron chi connectivity index (χ0n) is 18.4. The maximum atomic E-state index is 13.2. The number of halogens is 1. The van der Waals surface area contributed by atoms with E-state index in [2.05, 4.69) is 15.0 Å². The zero-order chi connectivity index (χ0) is 26.8. The van der Waals surface area contributed by atoms with Crippen molar-refractivity contribution in [3.05, 3.63) is 100 Å². The highest BCUT2D eigenvalue weighted by atomic mass is 32.2. The highest BCUT2D eigenvalue weighted by Crippen LogP contribution is 2.30. The van der Waals surface area contributed by atoms with Crippen molar-refractivity contribution in [1.29, 1.82) is 0 Å². The minimum Gasteiger partial charge on any atom is -0.298 e. The number of amides is 1. The van der Waals surface area contributed by atoms with Gasteiger partial charge >= 0.3 is 0 Å². The van der Waals surface area contributed by atoms with Crippen LogP contribution in [-0.2, 0) is 19.9 Å². The van der Waals surface area contributed by atoms with E-state index < -0.39 is 36.5 Å². The summed E-state index contributed by atoms with van der Waals surface area (Å²) in [7, 11) is -8.21. The number of nitrogens with zero attached hydrogens (tertiary/aromatic N) is 2. The van der Waals surface area contributed by atoms with Gasteiger partial charge in [0.1, 0.15) is 10.0 Å². The smallest absolute Gasteiger partial charge is 0.269 e. The molecule has 1 heterocycles. The largest absolute Gasteiger partial charge is 0.298 e. The minimum absolute atomic E-state index is 0.0698. The molecule has 0 bridgehead atoms. The summed E-state index contributed by atoms with van der Waals surface area (Å²) in [4.78, 5) is 26.5. The number of sulfone groups is 1. The SMILES string of the molecule is O=C(Nc1ncc(S(=O)(=O)c2ccc([N+](=O)[O-])cc2)s1)c1ccccc1NS(=O)(=O)c1ccc(F)cc1. The van der Waals surface area contributed by atoms with Crippen molar-refractivity contribution in [3.63, 3.8) is 0 Å². The molecule has 3 aromatic carbocycles. The fraction of sp³-hybridized carbons (Fsp3) is 0. The first kappa shape index (κ1) is 25.9. The molecule has 11 nitrogen and oxygen atoms in total. The number of benzene rings is 3. The molecule has 1 aromatic heterocycles. The Labute approximate surface area is 213 Å². The van der Waals surface area contributed by atoms with Gasteiger partial charge in [0.05, 0.1) is 32.2 Å². The second-order valence-electron chi connectivity index (χ2n) is 7.30. The van der Waals surface area contributed by atoms with Crippen molar-refractivity contribution in [3.8, 4) is 0 Å². The van der Waals surface area contributed by atoms with Crippen LogP contribution in [0.2, 0.25) is 0 Å². The van der Waals surface area contributed by atoms with Gasteiger partial charge in [-0.05, 0) is 48.5 Å². The van der Waals surface area contributed by atoms with E-state index in [0.717, 1.165) is 54.7 Å². The number of non-ortho nitro benzene ring substituents is 1. The van der Waals surface area contributed by atoms with Crippen LogP contribution < -0.4 is 10.0 Å². The number of nitrogens with one attached hydrogen (secondary N) is 2. The fourth-order valence-electron chi connectivity index (χ4n) is 3.06. The first-order chi connectivity index (χ1) is 17.5. The third kappa shape index (κ3) is 5.63. The van der Waals surface area contributed by atoms with Crippen LogP contribution in [0.4, 0.5) is 20.9 Å². The molecule has 4 aromatic rings. The summed E-state index contributed by atoms with van der Waals surface area (Å²) in [6.45, 7) is 0. The van der Waals surface area contributed by atoms with Gasteiger partial charge in [-0.25, -0.2) is 26.2 Å². The van der Waals surface area contributed by atoms with Crippen molar-refractivity contribution in [2.45, 2.75) is 14.0 Å². The van der Waals surface area contributed by atoms with Crippen LogP contribution in [0.5, 0.6) is 0 Å². The van der Waals surface area contributed by atoms with Crippen molar-refractivity contribution < 1.29 is 30.9 Å². The number of anilines is 2. The number of hydrogen-bond acceptors (Lipinski definition) is 9. The molecule has 0 aliphatic rings. The van der Waals surface area contributed by atoms with Crippen molar-refractivity contribution >= 4 is 53.6 Å². The van der Waals surface area contributed by atoms with Gasteiger partial charge in [-0.15, -0.1) is 0 Å². The lowest BCUT2D eigenvalue weighted by Gasteiger charge is -2.12. The van der Waals surface area contributed by atoms with E-state index in [1.165, 1.54) is 24.3 Å². The van der Waals surface area contributed by atoms with E-state index in [-0.39, 0.29) is 36.1 Å². The van der Waals surface area contributed by atoms with Crippen LogP contribution in [0.3, 0.4) is 0 Å². The van der Waals surface area contributed by atoms with Crippen LogP contribution in [0.25, 0.3) is 0 Å². The Bertz CT molecular complexity index is 1700. The van der Waals surface area contributed by atoms with Crippen molar-refractivity contribution in [2.75, 3.05) is 10.0 Å². The molecule has 4 rings (SSSR count). The molecule has 0 spiro atoms. The highest BCUT2D eigenvalue weighted by Gasteiger charge is 2.24. The average molecular weight is 563 g/mol. The number of hydrogen-bond donors (Lipinski definition) is 2. The number of para-hydroxylation sites is 1. The number of nitro benzene ring substituents is 1. The summed E-state index contributed by atoms with van der Waals surface area (Å²) in [5.41, 5.74) is -0.423. The van der Waals surface area contributed by atoms with Gasteiger partial charge < -0.3 is 0 Å². The molecule has 0 aliphatic carbocycles. The number of carbonyl (C=O) groups is 1. The number of carbonyl (C=O) groups excluding carboxylic acids is 1. The van der Waals surface area contributed by atoms with Crippen molar-refractivity contribution in [1.82, 2.24) is 4.98 Å². The Balaban J connectivity index is 1.54. The van der Waals surface area contributed by atoms with Crippen LogP contribution in [-0.4, -0.2) is 32.7 Å². The van der Waals surface area contributed by atoms with Gasteiger partial charge in [0, 0.05) is 12.1 Å². The third-order valence-electron chi connectivity index (χ3n) is 4.87. The molecule has 15 heteroatoms. The second kappa shape index (κ2) is 10.0. The van der Waals surface area contributed by atoms with Crippen molar-refractivity contribution in [2.24, 2.45) is 0 Å². The maximum absolute atomic E-state index is 13.2. The predicted octanol–water partition coefficient (Wildman–Crippen LogP) is 4.08. The molecular weight excluding hydrogens is 547 g/mol. The second-order valence-corrected chi connectivity index (χ2v) is 12.2. The van der Waals surface area contributed by atoms with E-state index in [1.54, 1.807) is 0 Å². The van der Waals surface area contributed by atoms with E-state index in [9.17, 15) is 36.1 Å². The Hall–Kier alpha value is -4.21. The van der Waals surface area contributed by atoms with E-state index in [0.29, 0.717) is 11.3 Å². The Kier molecular flexibility index (Phi) is 7.02. The summed E-state index contributed by atoms with van der Waals surface area (Å²) >= 11 is 0.646. The topological polar surface area (TPSA) is 165 Å². The molecule has 0 unspecified atom stereocenters. The number of aromatic nitrogens is 1. The van der Waals surface area contributed by atoms with Gasteiger partial charge in [0.25, 0.3) is 21.6 Å². The average Bonchev–Trinajstić information content (AvgIpc) is 3.34. The third-order valence-corrected chi connectivity index (χ3v) is 9.39. The molecule has 0 saturated carbocycles. The molecule has 0 radical (unpaired) electrons. The molecule has 190 valence electrons. The molecule has 1 amide bonds. The summed E-state index contributed by atoms with van der Waals surface area (Å²) < 4.78 is 66.2. The van der Waals surface area contributed by atoms with Gasteiger partial charge in [-0.1, -0.05) is 23.5 Å². The van der Waals surface area contributed by atoms with E-state index in [4.69, 9.17) is 0 Å². The lowest BCUT2D eigenvalue weighted by atomic mass is 10.2. The molecule has 0 aliphatic heterocycles. The number of nitro groups is 1. The summed E-state index contributed by atoms with van der Waals surface area (Å²) in [6, 6.07) is 14.1. The molecule has 0 atom stereocenters.